The average Bonchev–Trinajstić information content (AvgIpc) is 2.48. The predicted octanol–water partition coefficient (Wildman–Crippen LogP) is 3.44. The molecule has 1 atom stereocenters. The Morgan fingerprint density at radius 1 is 1.19 bits per heavy atom. The third-order valence-electron chi connectivity index (χ3n) is 3.00. The van der Waals surface area contributed by atoms with E-state index in [2.05, 4.69) is 5.32 Å². The normalized spacial score (nSPS) is 12.5. The van der Waals surface area contributed by atoms with Gasteiger partial charge in [-0.1, -0.05) is 13.8 Å². The molecule has 1 amide bonds. The van der Waals surface area contributed by atoms with Gasteiger partial charge >= 0.3 is 12.1 Å². The number of carbonyl (C=O) groups excluding carboxylic acids is 2. The molecule has 0 aromatic heterocycles. The van der Waals surface area contributed by atoms with Crippen molar-refractivity contribution in [3.05, 3.63) is 29.8 Å². The van der Waals surface area contributed by atoms with Gasteiger partial charge in [0.15, 0.2) is 17.7 Å². The SMILES string of the molecule is CC(C)C(Oc1ccc(F)cc1F)C(=O)OCCNC(=O)OC(C)(C)C. The summed E-state index contributed by atoms with van der Waals surface area (Å²) >= 11 is 0. The molecule has 1 aromatic rings. The van der Waals surface area contributed by atoms with Crippen LogP contribution in [0.1, 0.15) is 34.6 Å². The molecule has 1 aromatic carbocycles. The molecule has 0 radical (unpaired) electrons. The molecule has 0 saturated heterocycles. The van der Waals surface area contributed by atoms with E-state index in [4.69, 9.17) is 14.2 Å². The van der Waals surface area contributed by atoms with Gasteiger partial charge < -0.3 is 19.5 Å². The minimum Gasteiger partial charge on any atom is -0.475 e. The van der Waals surface area contributed by atoms with Gasteiger partial charge in [0.25, 0.3) is 0 Å². The second-order valence-corrected chi connectivity index (χ2v) is 6.95. The van der Waals surface area contributed by atoms with Gasteiger partial charge in [-0.25, -0.2) is 18.4 Å². The largest absolute Gasteiger partial charge is 0.475 e. The summed E-state index contributed by atoms with van der Waals surface area (Å²) in [4.78, 5) is 23.6. The summed E-state index contributed by atoms with van der Waals surface area (Å²) in [6.07, 6.45) is -1.70. The molecule has 6 nitrogen and oxygen atoms in total. The van der Waals surface area contributed by atoms with Gasteiger partial charge in [0.05, 0.1) is 6.54 Å². The molecule has 0 bridgehead atoms. The van der Waals surface area contributed by atoms with Crippen LogP contribution >= 0.6 is 0 Å². The number of carbonyl (C=O) groups is 2. The Hall–Kier alpha value is -2.38. The number of ether oxygens (including phenoxy) is 3. The van der Waals surface area contributed by atoms with E-state index in [0.717, 1.165) is 12.1 Å². The molecule has 0 heterocycles. The van der Waals surface area contributed by atoms with E-state index in [-0.39, 0.29) is 24.8 Å². The van der Waals surface area contributed by atoms with Crippen molar-refractivity contribution in [1.82, 2.24) is 5.32 Å². The van der Waals surface area contributed by atoms with Gasteiger partial charge in [-0.05, 0) is 32.9 Å². The zero-order valence-corrected chi connectivity index (χ0v) is 15.6. The standard InChI is InChI=1S/C18H25F2NO5/c1-11(2)15(25-14-7-6-12(19)10-13(14)20)16(22)24-9-8-21-17(23)26-18(3,4)5/h6-7,10-11,15H,8-9H2,1-5H3,(H,21,23). The van der Waals surface area contributed by atoms with Crippen molar-refractivity contribution >= 4 is 12.1 Å². The van der Waals surface area contributed by atoms with E-state index in [0.29, 0.717) is 6.07 Å². The van der Waals surface area contributed by atoms with E-state index in [1.54, 1.807) is 34.6 Å². The molecule has 0 fully saturated rings. The topological polar surface area (TPSA) is 73.9 Å². The molecule has 0 aliphatic rings. The Labute approximate surface area is 151 Å². The van der Waals surface area contributed by atoms with Crippen LogP contribution in [0.5, 0.6) is 5.75 Å². The maximum Gasteiger partial charge on any atom is 0.407 e. The summed E-state index contributed by atoms with van der Waals surface area (Å²) < 4.78 is 42.1. The number of benzene rings is 1. The van der Waals surface area contributed by atoms with Crippen molar-refractivity contribution in [2.75, 3.05) is 13.2 Å². The zero-order chi connectivity index (χ0) is 19.9. The first-order valence-corrected chi connectivity index (χ1v) is 8.25. The molecule has 146 valence electrons. The molecule has 1 rings (SSSR count). The number of hydrogen-bond donors (Lipinski definition) is 1. The Balaban J connectivity index is 2.52. The van der Waals surface area contributed by atoms with Crippen LogP contribution in [0.25, 0.3) is 0 Å². The summed E-state index contributed by atoms with van der Waals surface area (Å²) in [6.45, 7) is 8.54. The smallest absolute Gasteiger partial charge is 0.407 e. The van der Waals surface area contributed by atoms with E-state index in [9.17, 15) is 18.4 Å². The van der Waals surface area contributed by atoms with E-state index in [1.165, 1.54) is 0 Å². The predicted molar refractivity (Wildman–Crippen MR) is 90.8 cm³/mol. The molecular weight excluding hydrogens is 348 g/mol. The summed E-state index contributed by atoms with van der Waals surface area (Å²) in [6, 6.07) is 2.81. The zero-order valence-electron chi connectivity index (χ0n) is 15.6. The maximum absolute atomic E-state index is 13.7. The molecule has 0 saturated carbocycles. The number of hydrogen-bond acceptors (Lipinski definition) is 5. The van der Waals surface area contributed by atoms with Crippen LogP contribution in [0.3, 0.4) is 0 Å². The fourth-order valence-corrected chi connectivity index (χ4v) is 1.86. The Kier molecular flexibility index (Phi) is 7.79. The van der Waals surface area contributed by atoms with Gasteiger partial charge in [-0.3, -0.25) is 0 Å². The maximum atomic E-state index is 13.7. The lowest BCUT2D eigenvalue weighted by Gasteiger charge is -2.22. The van der Waals surface area contributed by atoms with E-state index < -0.39 is 35.4 Å². The summed E-state index contributed by atoms with van der Waals surface area (Å²) in [5.74, 6) is -2.92. The van der Waals surface area contributed by atoms with Crippen molar-refractivity contribution in [2.45, 2.75) is 46.3 Å². The summed E-state index contributed by atoms with van der Waals surface area (Å²) in [5.41, 5.74) is -0.628. The highest BCUT2D eigenvalue weighted by Crippen LogP contribution is 2.21. The number of alkyl carbamates (subject to hydrolysis) is 1. The van der Waals surface area contributed by atoms with Crippen molar-refractivity contribution in [3.8, 4) is 5.75 Å². The fourth-order valence-electron chi connectivity index (χ4n) is 1.86. The van der Waals surface area contributed by atoms with Crippen LogP contribution in [0.4, 0.5) is 13.6 Å². The van der Waals surface area contributed by atoms with Crippen LogP contribution in [0.15, 0.2) is 18.2 Å². The molecule has 8 heteroatoms. The second kappa shape index (κ2) is 9.35. The molecule has 0 aliphatic heterocycles. The molecule has 1 unspecified atom stereocenters. The summed E-state index contributed by atoms with van der Waals surface area (Å²) in [5, 5.41) is 2.45. The third kappa shape index (κ3) is 7.67. The van der Waals surface area contributed by atoms with Crippen LogP contribution in [0.2, 0.25) is 0 Å². The third-order valence-corrected chi connectivity index (χ3v) is 3.00. The van der Waals surface area contributed by atoms with Gasteiger partial charge in [0.2, 0.25) is 0 Å². The second-order valence-electron chi connectivity index (χ2n) is 6.95. The van der Waals surface area contributed by atoms with Gasteiger partial charge in [0.1, 0.15) is 18.0 Å². The number of nitrogens with one attached hydrogen (secondary N) is 1. The highest BCUT2D eigenvalue weighted by atomic mass is 19.1. The van der Waals surface area contributed by atoms with Crippen molar-refractivity contribution in [3.63, 3.8) is 0 Å². The first-order chi connectivity index (χ1) is 12.0. The lowest BCUT2D eigenvalue weighted by atomic mass is 10.1. The number of amides is 1. The summed E-state index contributed by atoms with van der Waals surface area (Å²) in [7, 11) is 0. The van der Waals surface area contributed by atoms with E-state index in [1.807, 2.05) is 0 Å². The molecular formula is C18H25F2NO5. The van der Waals surface area contributed by atoms with Crippen LogP contribution in [-0.4, -0.2) is 36.9 Å². The molecule has 26 heavy (non-hydrogen) atoms. The molecule has 1 N–H and O–H groups in total. The van der Waals surface area contributed by atoms with Gasteiger partial charge in [-0.15, -0.1) is 0 Å². The van der Waals surface area contributed by atoms with Crippen LogP contribution < -0.4 is 10.1 Å². The van der Waals surface area contributed by atoms with Crippen LogP contribution in [0, 0.1) is 17.6 Å². The Morgan fingerprint density at radius 2 is 1.85 bits per heavy atom. The van der Waals surface area contributed by atoms with Crippen molar-refractivity contribution < 1.29 is 32.6 Å². The average molecular weight is 373 g/mol. The van der Waals surface area contributed by atoms with Crippen molar-refractivity contribution in [1.29, 1.82) is 0 Å². The highest BCUT2D eigenvalue weighted by Gasteiger charge is 2.27. The van der Waals surface area contributed by atoms with Gasteiger partial charge in [-0.2, -0.15) is 0 Å². The lowest BCUT2D eigenvalue weighted by molar-refractivity contribution is -0.154. The quantitative estimate of drug-likeness (QED) is 0.585. The Morgan fingerprint density at radius 3 is 2.38 bits per heavy atom. The van der Waals surface area contributed by atoms with Crippen molar-refractivity contribution in [2.24, 2.45) is 5.92 Å². The van der Waals surface area contributed by atoms with E-state index >= 15 is 0 Å². The van der Waals surface area contributed by atoms with Gasteiger partial charge in [0, 0.05) is 12.0 Å². The minimum absolute atomic E-state index is 0.0520. The minimum atomic E-state index is -1.07. The molecule has 0 spiro atoms. The molecule has 0 aliphatic carbocycles. The van der Waals surface area contributed by atoms with Crippen LogP contribution in [-0.2, 0) is 14.3 Å². The fraction of sp³-hybridized carbons (Fsp3) is 0.556. The number of halogens is 2. The monoisotopic (exact) mass is 373 g/mol. The first kappa shape index (κ1) is 21.7. The Bertz CT molecular complexity index is 628. The lowest BCUT2D eigenvalue weighted by Crippen LogP contribution is -2.37. The number of rotatable bonds is 7. The first-order valence-electron chi connectivity index (χ1n) is 8.25. The highest BCUT2D eigenvalue weighted by molar-refractivity contribution is 5.75. The number of esters is 1.